The van der Waals surface area contributed by atoms with E-state index in [0.717, 1.165) is 44.7 Å². The number of hydrogen-bond acceptors (Lipinski definition) is 3. The maximum absolute atomic E-state index is 6.08. The quantitative estimate of drug-likeness (QED) is 0.704. The average Bonchev–Trinajstić information content (AvgIpc) is 2.67. The Hall–Kier alpha value is -1.71. The van der Waals surface area contributed by atoms with Gasteiger partial charge in [-0.3, -0.25) is 4.98 Å². The van der Waals surface area contributed by atoms with E-state index in [9.17, 15) is 0 Å². The molecular weight excluding hydrogens is 320 g/mol. The predicted molar refractivity (Wildman–Crippen MR) is 107 cm³/mol. The summed E-state index contributed by atoms with van der Waals surface area (Å²) in [6, 6.07) is 17.0. The van der Waals surface area contributed by atoms with Gasteiger partial charge in [-0.2, -0.15) is 0 Å². The zero-order valence-electron chi connectivity index (χ0n) is 16.2. The highest BCUT2D eigenvalue weighted by molar-refractivity contribution is 5.17. The highest BCUT2D eigenvalue weighted by atomic mass is 16.5. The van der Waals surface area contributed by atoms with Gasteiger partial charge < -0.3 is 10.1 Å². The molecule has 1 saturated heterocycles. The molecule has 0 amide bonds. The standard InChI is InChI=1S/C23H32N2O/c1-19(2)22-17-23(12-15-26-22,16-20-8-4-3-5-9-20)11-14-24-18-21-10-6-7-13-25-21/h3-10,13,19,22,24H,11-12,14-18H2,1-2H3. The van der Waals surface area contributed by atoms with E-state index in [2.05, 4.69) is 60.5 Å². The second kappa shape index (κ2) is 9.29. The van der Waals surface area contributed by atoms with Crippen molar-refractivity contribution in [1.29, 1.82) is 0 Å². The van der Waals surface area contributed by atoms with Crippen LogP contribution in [-0.2, 0) is 17.7 Å². The van der Waals surface area contributed by atoms with E-state index in [1.54, 1.807) is 0 Å². The van der Waals surface area contributed by atoms with Crippen molar-refractivity contribution in [3.05, 3.63) is 66.0 Å². The van der Waals surface area contributed by atoms with Crippen molar-refractivity contribution in [2.45, 2.75) is 52.2 Å². The van der Waals surface area contributed by atoms with Gasteiger partial charge in [0.1, 0.15) is 0 Å². The van der Waals surface area contributed by atoms with Crippen molar-refractivity contribution in [3.63, 3.8) is 0 Å². The molecule has 0 saturated carbocycles. The molecular formula is C23H32N2O. The minimum absolute atomic E-state index is 0.325. The number of aromatic nitrogens is 1. The lowest BCUT2D eigenvalue weighted by Gasteiger charge is -2.43. The number of nitrogens with zero attached hydrogens (tertiary/aromatic N) is 1. The van der Waals surface area contributed by atoms with E-state index < -0.39 is 0 Å². The van der Waals surface area contributed by atoms with Gasteiger partial charge in [-0.05, 0) is 61.3 Å². The SMILES string of the molecule is CC(C)C1CC(CCNCc2ccccn2)(Cc2ccccc2)CCO1. The fourth-order valence-electron chi connectivity index (χ4n) is 4.02. The zero-order valence-corrected chi connectivity index (χ0v) is 16.2. The van der Waals surface area contributed by atoms with Crippen LogP contribution in [0.4, 0.5) is 0 Å². The minimum atomic E-state index is 0.325. The van der Waals surface area contributed by atoms with Crippen LogP contribution in [0.5, 0.6) is 0 Å². The molecule has 3 rings (SSSR count). The fourth-order valence-corrected chi connectivity index (χ4v) is 4.02. The number of benzene rings is 1. The van der Waals surface area contributed by atoms with Gasteiger partial charge >= 0.3 is 0 Å². The Balaban J connectivity index is 1.62. The first-order valence-electron chi connectivity index (χ1n) is 9.93. The number of nitrogens with one attached hydrogen (secondary N) is 1. The molecule has 0 bridgehead atoms. The first-order chi connectivity index (χ1) is 12.7. The van der Waals surface area contributed by atoms with Crippen LogP contribution in [-0.4, -0.2) is 24.2 Å². The molecule has 2 atom stereocenters. The lowest BCUT2D eigenvalue weighted by Crippen LogP contribution is -2.41. The van der Waals surface area contributed by atoms with Gasteiger partial charge in [0, 0.05) is 19.3 Å². The third-order valence-electron chi connectivity index (χ3n) is 5.63. The summed E-state index contributed by atoms with van der Waals surface area (Å²) in [6.45, 7) is 7.31. The minimum Gasteiger partial charge on any atom is -0.378 e. The number of hydrogen-bond donors (Lipinski definition) is 1. The molecule has 1 fully saturated rings. The Kier molecular flexibility index (Phi) is 6.81. The molecule has 26 heavy (non-hydrogen) atoms. The lowest BCUT2D eigenvalue weighted by molar-refractivity contribution is -0.0720. The Morgan fingerprint density at radius 1 is 1.15 bits per heavy atom. The van der Waals surface area contributed by atoms with Crippen molar-refractivity contribution in [2.24, 2.45) is 11.3 Å². The smallest absolute Gasteiger partial charge is 0.0603 e. The Morgan fingerprint density at radius 3 is 2.69 bits per heavy atom. The van der Waals surface area contributed by atoms with Gasteiger partial charge in [-0.25, -0.2) is 0 Å². The Bertz CT molecular complexity index is 644. The molecule has 2 unspecified atom stereocenters. The fraction of sp³-hybridized carbons (Fsp3) is 0.522. The van der Waals surface area contributed by atoms with Crippen molar-refractivity contribution >= 4 is 0 Å². The third-order valence-corrected chi connectivity index (χ3v) is 5.63. The summed E-state index contributed by atoms with van der Waals surface area (Å²) >= 11 is 0. The van der Waals surface area contributed by atoms with Crippen LogP contribution in [0.3, 0.4) is 0 Å². The summed E-state index contributed by atoms with van der Waals surface area (Å²) in [5.41, 5.74) is 2.88. The van der Waals surface area contributed by atoms with Crippen LogP contribution in [0.1, 0.15) is 44.4 Å². The van der Waals surface area contributed by atoms with Crippen LogP contribution in [0.2, 0.25) is 0 Å². The van der Waals surface area contributed by atoms with Gasteiger partial charge in [-0.15, -0.1) is 0 Å². The number of ether oxygens (including phenoxy) is 1. The van der Waals surface area contributed by atoms with E-state index in [4.69, 9.17) is 4.74 Å². The van der Waals surface area contributed by atoms with Gasteiger partial charge in [0.05, 0.1) is 11.8 Å². The Morgan fingerprint density at radius 2 is 1.96 bits per heavy atom. The molecule has 2 aromatic rings. The van der Waals surface area contributed by atoms with E-state index in [1.807, 2.05) is 18.3 Å². The Labute approximate surface area is 158 Å². The average molecular weight is 353 g/mol. The molecule has 2 heterocycles. The van der Waals surface area contributed by atoms with Crippen LogP contribution in [0.15, 0.2) is 54.7 Å². The van der Waals surface area contributed by atoms with Crippen molar-refractivity contribution in [2.75, 3.05) is 13.2 Å². The zero-order chi connectivity index (χ0) is 18.2. The second-order valence-corrected chi connectivity index (χ2v) is 8.02. The normalized spacial score (nSPS) is 23.3. The number of pyridine rings is 1. The highest BCUT2D eigenvalue weighted by Crippen LogP contribution is 2.41. The molecule has 1 aliphatic heterocycles. The summed E-state index contributed by atoms with van der Waals surface area (Å²) in [5, 5.41) is 3.60. The molecule has 1 aliphatic rings. The van der Waals surface area contributed by atoms with Crippen LogP contribution in [0.25, 0.3) is 0 Å². The predicted octanol–water partition coefficient (Wildman–Crippen LogP) is 4.63. The summed E-state index contributed by atoms with van der Waals surface area (Å²) in [6.07, 6.45) is 6.87. The summed E-state index contributed by atoms with van der Waals surface area (Å²) in [5.74, 6) is 0.576. The van der Waals surface area contributed by atoms with E-state index >= 15 is 0 Å². The summed E-state index contributed by atoms with van der Waals surface area (Å²) < 4.78 is 6.08. The molecule has 0 spiro atoms. The molecule has 3 nitrogen and oxygen atoms in total. The molecule has 3 heteroatoms. The first-order valence-corrected chi connectivity index (χ1v) is 9.93. The van der Waals surface area contributed by atoms with Crippen molar-refractivity contribution in [3.8, 4) is 0 Å². The highest BCUT2D eigenvalue weighted by Gasteiger charge is 2.37. The van der Waals surface area contributed by atoms with Crippen LogP contribution in [0, 0.1) is 11.3 Å². The molecule has 0 radical (unpaired) electrons. The maximum atomic E-state index is 6.08. The van der Waals surface area contributed by atoms with E-state index in [-0.39, 0.29) is 0 Å². The maximum Gasteiger partial charge on any atom is 0.0603 e. The van der Waals surface area contributed by atoms with Gasteiger partial charge in [-0.1, -0.05) is 50.2 Å². The first kappa shape index (κ1) is 19.1. The van der Waals surface area contributed by atoms with Crippen molar-refractivity contribution in [1.82, 2.24) is 10.3 Å². The lowest BCUT2D eigenvalue weighted by atomic mass is 9.69. The summed E-state index contributed by atoms with van der Waals surface area (Å²) in [4.78, 5) is 4.40. The van der Waals surface area contributed by atoms with Gasteiger partial charge in [0.25, 0.3) is 0 Å². The molecule has 1 aromatic heterocycles. The van der Waals surface area contributed by atoms with Gasteiger partial charge in [0.15, 0.2) is 0 Å². The van der Waals surface area contributed by atoms with Gasteiger partial charge in [0.2, 0.25) is 0 Å². The molecule has 0 aliphatic carbocycles. The molecule has 1 N–H and O–H groups in total. The number of rotatable bonds is 8. The van der Waals surface area contributed by atoms with E-state index in [1.165, 1.54) is 12.0 Å². The molecule has 140 valence electrons. The monoisotopic (exact) mass is 352 g/mol. The second-order valence-electron chi connectivity index (χ2n) is 8.02. The molecule has 1 aromatic carbocycles. The topological polar surface area (TPSA) is 34.2 Å². The van der Waals surface area contributed by atoms with Crippen LogP contribution >= 0.6 is 0 Å². The van der Waals surface area contributed by atoms with Crippen LogP contribution < -0.4 is 5.32 Å². The largest absolute Gasteiger partial charge is 0.378 e. The third kappa shape index (κ3) is 5.39. The summed E-state index contributed by atoms with van der Waals surface area (Å²) in [7, 11) is 0. The van der Waals surface area contributed by atoms with Crippen molar-refractivity contribution < 1.29 is 4.74 Å². The van der Waals surface area contributed by atoms with E-state index in [0.29, 0.717) is 17.4 Å².